The highest BCUT2D eigenvalue weighted by molar-refractivity contribution is 7.09. The van der Waals surface area contributed by atoms with Gasteiger partial charge in [-0.2, -0.15) is 0 Å². The van der Waals surface area contributed by atoms with Crippen molar-refractivity contribution in [1.82, 2.24) is 5.32 Å². The third-order valence-corrected chi connectivity index (χ3v) is 3.37. The predicted molar refractivity (Wildman–Crippen MR) is 66.1 cm³/mol. The fraction of sp³-hybridized carbons (Fsp3) is 0.667. The summed E-state index contributed by atoms with van der Waals surface area (Å²) in [5.74, 6) is 0. The van der Waals surface area contributed by atoms with E-state index in [1.54, 1.807) is 11.3 Å². The summed E-state index contributed by atoms with van der Waals surface area (Å²) in [5, 5.41) is 14.4. The van der Waals surface area contributed by atoms with Crippen molar-refractivity contribution in [2.45, 2.75) is 33.2 Å². The summed E-state index contributed by atoms with van der Waals surface area (Å²) in [4.78, 5) is 1.38. The third kappa shape index (κ3) is 5.30. The number of aliphatic hydroxyl groups is 1. The highest BCUT2D eigenvalue weighted by atomic mass is 32.1. The first-order valence-corrected chi connectivity index (χ1v) is 6.36. The molecule has 1 aromatic rings. The minimum Gasteiger partial charge on any atom is -0.396 e. The van der Waals surface area contributed by atoms with Gasteiger partial charge in [0.1, 0.15) is 0 Å². The van der Waals surface area contributed by atoms with Crippen molar-refractivity contribution in [2.24, 2.45) is 5.41 Å². The maximum Gasteiger partial charge on any atom is 0.0431 e. The molecule has 0 saturated heterocycles. The molecule has 0 spiro atoms. The summed E-state index contributed by atoms with van der Waals surface area (Å²) in [7, 11) is 0. The second-order valence-corrected chi connectivity index (χ2v) is 5.71. The van der Waals surface area contributed by atoms with Gasteiger partial charge in [-0.15, -0.1) is 11.3 Å². The van der Waals surface area contributed by atoms with Gasteiger partial charge in [0.05, 0.1) is 0 Å². The second kappa shape index (κ2) is 6.26. The Morgan fingerprint density at radius 3 is 2.87 bits per heavy atom. The molecular weight excluding hydrogens is 206 g/mol. The van der Waals surface area contributed by atoms with E-state index < -0.39 is 0 Å². The van der Waals surface area contributed by atoms with Gasteiger partial charge in [0, 0.05) is 24.6 Å². The van der Waals surface area contributed by atoms with Crippen molar-refractivity contribution in [3.05, 3.63) is 22.4 Å². The molecule has 2 nitrogen and oxygen atoms in total. The van der Waals surface area contributed by atoms with Gasteiger partial charge in [-0.1, -0.05) is 19.9 Å². The molecule has 86 valence electrons. The smallest absolute Gasteiger partial charge is 0.0431 e. The molecule has 0 amide bonds. The molecule has 0 atom stereocenters. The van der Waals surface area contributed by atoms with Crippen LogP contribution in [0, 0.1) is 5.41 Å². The van der Waals surface area contributed by atoms with Gasteiger partial charge in [0.25, 0.3) is 0 Å². The van der Waals surface area contributed by atoms with Gasteiger partial charge in [0.2, 0.25) is 0 Å². The van der Waals surface area contributed by atoms with E-state index in [1.165, 1.54) is 4.88 Å². The first kappa shape index (κ1) is 12.7. The van der Waals surface area contributed by atoms with Crippen LogP contribution in [0.2, 0.25) is 0 Å². The molecule has 0 aliphatic rings. The fourth-order valence-corrected chi connectivity index (χ4v) is 2.26. The summed E-state index contributed by atoms with van der Waals surface area (Å²) >= 11 is 1.79. The van der Waals surface area contributed by atoms with Gasteiger partial charge in [-0.05, 0) is 29.7 Å². The zero-order valence-electron chi connectivity index (χ0n) is 9.62. The molecule has 2 N–H and O–H groups in total. The summed E-state index contributed by atoms with van der Waals surface area (Å²) in [5.41, 5.74) is 0.278. The summed E-state index contributed by atoms with van der Waals surface area (Å²) < 4.78 is 0. The van der Waals surface area contributed by atoms with Crippen molar-refractivity contribution >= 4 is 11.3 Å². The number of thiophene rings is 1. The van der Waals surface area contributed by atoms with Gasteiger partial charge < -0.3 is 10.4 Å². The van der Waals surface area contributed by atoms with Crippen LogP contribution in [0.3, 0.4) is 0 Å². The van der Waals surface area contributed by atoms with Crippen LogP contribution in [0.1, 0.15) is 31.6 Å². The summed E-state index contributed by atoms with van der Waals surface area (Å²) in [6.45, 7) is 6.74. The second-order valence-electron chi connectivity index (χ2n) is 4.67. The summed E-state index contributed by atoms with van der Waals surface area (Å²) in [6.07, 6.45) is 1.97. The maximum atomic E-state index is 8.79. The van der Waals surface area contributed by atoms with E-state index in [1.807, 2.05) is 0 Å². The first-order chi connectivity index (χ1) is 7.14. The average molecular weight is 227 g/mol. The van der Waals surface area contributed by atoms with Crippen LogP contribution in [-0.2, 0) is 6.54 Å². The molecule has 1 heterocycles. The molecule has 0 bridgehead atoms. The largest absolute Gasteiger partial charge is 0.396 e. The van der Waals surface area contributed by atoms with E-state index in [-0.39, 0.29) is 5.41 Å². The molecular formula is C12H21NOS. The SMILES string of the molecule is CC(C)(CCCO)CNCc1cccs1. The number of hydrogen-bond donors (Lipinski definition) is 2. The Hall–Kier alpha value is -0.380. The van der Waals surface area contributed by atoms with E-state index in [0.29, 0.717) is 6.61 Å². The van der Waals surface area contributed by atoms with Crippen LogP contribution in [0.4, 0.5) is 0 Å². The molecule has 0 fully saturated rings. The Bertz CT molecular complexity index is 257. The van der Waals surface area contributed by atoms with Crippen molar-refractivity contribution < 1.29 is 5.11 Å². The van der Waals surface area contributed by atoms with Gasteiger partial charge in [0.15, 0.2) is 0 Å². The summed E-state index contributed by atoms with van der Waals surface area (Å²) in [6, 6.07) is 4.23. The molecule has 0 aliphatic carbocycles. The lowest BCUT2D eigenvalue weighted by molar-refractivity contribution is 0.236. The zero-order valence-corrected chi connectivity index (χ0v) is 10.4. The van der Waals surface area contributed by atoms with Crippen LogP contribution in [0.15, 0.2) is 17.5 Å². The van der Waals surface area contributed by atoms with E-state index in [4.69, 9.17) is 5.11 Å². The Morgan fingerprint density at radius 1 is 1.47 bits per heavy atom. The Balaban J connectivity index is 2.18. The van der Waals surface area contributed by atoms with Crippen molar-refractivity contribution in [2.75, 3.05) is 13.2 Å². The van der Waals surface area contributed by atoms with Crippen LogP contribution >= 0.6 is 11.3 Å². The molecule has 0 unspecified atom stereocenters. The molecule has 3 heteroatoms. The molecule has 0 radical (unpaired) electrons. The number of rotatable bonds is 7. The van der Waals surface area contributed by atoms with E-state index in [0.717, 1.165) is 25.9 Å². The average Bonchev–Trinajstić information content (AvgIpc) is 2.67. The highest BCUT2D eigenvalue weighted by Crippen LogP contribution is 2.21. The first-order valence-electron chi connectivity index (χ1n) is 5.48. The molecule has 15 heavy (non-hydrogen) atoms. The fourth-order valence-electron chi connectivity index (χ4n) is 1.58. The van der Waals surface area contributed by atoms with E-state index in [2.05, 4.69) is 36.7 Å². The topological polar surface area (TPSA) is 32.3 Å². The van der Waals surface area contributed by atoms with Gasteiger partial charge in [-0.25, -0.2) is 0 Å². The lowest BCUT2D eigenvalue weighted by Gasteiger charge is -2.24. The van der Waals surface area contributed by atoms with Crippen LogP contribution in [0.25, 0.3) is 0 Å². The maximum absolute atomic E-state index is 8.79. The Kier molecular flexibility index (Phi) is 5.29. The van der Waals surface area contributed by atoms with Crippen molar-refractivity contribution in [3.63, 3.8) is 0 Å². The standard InChI is InChI=1S/C12H21NOS/c1-12(2,6-4-7-14)10-13-9-11-5-3-8-15-11/h3,5,8,13-14H,4,6-7,9-10H2,1-2H3. The molecule has 0 aromatic carbocycles. The predicted octanol–water partition coefficient (Wildman–Crippen LogP) is 2.64. The lowest BCUT2D eigenvalue weighted by Crippen LogP contribution is -2.29. The van der Waals surface area contributed by atoms with Crippen LogP contribution < -0.4 is 5.32 Å². The zero-order chi connectivity index (χ0) is 11.1. The van der Waals surface area contributed by atoms with Crippen LogP contribution in [-0.4, -0.2) is 18.3 Å². The van der Waals surface area contributed by atoms with Crippen LogP contribution in [0.5, 0.6) is 0 Å². The normalized spacial score (nSPS) is 11.9. The third-order valence-electron chi connectivity index (χ3n) is 2.49. The minimum absolute atomic E-state index is 0.278. The number of hydrogen-bond acceptors (Lipinski definition) is 3. The van der Waals surface area contributed by atoms with E-state index in [9.17, 15) is 0 Å². The number of nitrogens with one attached hydrogen (secondary N) is 1. The molecule has 1 aromatic heterocycles. The van der Waals surface area contributed by atoms with E-state index >= 15 is 0 Å². The minimum atomic E-state index is 0.278. The van der Waals surface area contributed by atoms with Crippen molar-refractivity contribution in [1.29, 1.82) is 0 Å². The highest BCUT2D eigenvalue weighted by Gasteiger charge is 2.16. The Morgan fingerprint density at radius 2 is 2.27 bits per heavy atom. The number of aliphatic hydroxyl groups excluding tert-OH is 1. The monoisotopic (exact) mass is 227 g/mol. The molecule has 0 aliphatic heterocycles. The van der Waals surface area contributed by atoms with Gasteiger partial charge in [-0.3, -0.25) is 0 Å². The van der Waals surface area contributed by atoms with Gasteiger partial charge >= 0.3 is 0 Å². The molecule has 0 saturated carbocycles. The van der Waals surface area contributed by atoms with Crippen molar-refractivity contribution in [3.8, 4) is 0 Å². The molecule has 1 rings (SSSR count). The quantitative estimate of drug-likeness (QED) is 0.750. The Labute approximate surface area is 96.3 Å². The lowest BCUT2D eigenvalue weighted by atomic mass is 9.88.